The van der Waals surface area contributed by atoms with Gasteiger partial charge < -0.3 is 14.4 Å². The quantitative estimate of drug-likeness (QED) is 0.578. The molecule has 0 spiro atoms. The van der Waals surface area contributed by atoms with Crippen LogP contribution in [0.15, 0.2) is 60.8 Å². The molecule has 3 aromatic rings. The molecule has 0 saturated carbocycles. The zero-order chi connectivity index (χ0) is 21.9. The first-order valence-electron chi connectivity index (χ1n) is 11.1. The summed E-state index contributed by atoms with van der Waals surface area (Å²) < 4.78 is 13.2. The summed E-state index contributed by atoms with van der Waals surface area (Å²) in [5.74, 6) is 0.492. The molecule has 1 amide bonds. The Labute approximate surface area is 192 Å². The summed E-state index contributed by atoms with van der Waals surface area (Å²) in [4.78, 5) is 15.1. The maximum Gasteiger partial charge on any atom is 0.227 e. The fraction of sp³-hybridized carbons (Fsp3) is 0.360. The number of hydrogen-bond acceptors (Lipinski definition) is 4. The van der Waals surface area contributed by atoms with Gasteiger partial charge in [-0.05, 0) is 37.1 Å². The second-order valence-electron chi connectivity index (χ2n) is 8.29. The molecule has 0 unspecified atom stereocenters. The van der Waals surface area contributed by atoms with Gasteiger partial charge in [0.2, 0.25) is 5.91 Å². The van der Waals surface area contributed by atoms with Gasteiger partial charge in [0.25, 0.3) is 0 Å². The van der Waals surface area contributed by atoms with E-state index in [1.54, 1.807) is 0 Å². The molecule has 0 atom stereocenters. The fourth-order valence-electron chi connectivity index (χ4n) is 4.45. The molecule has 2 aromatic carbocycles. The van der Waals surface area contributed by atoms with Gasteiger partial charge in [-0.2, -0.15) is 5.10 Å². The van der Waals surface area contributed by atoms with E-state index in [2.05, 4.69) is 0 Å². The van der Waals surface area contributed by atoms with Crippen LogP contribution in [0.25, 0.3) is 16.9 Å². The predicted molar refractivity (Wildman–Crippen MR) is 123 cm³/mol. The third-order valence-electron chi connectivity index (χ3n) is 6.19. The van der Waals surface area contributed by atoms with Crippen LogP contribution < -0.4 is 0 Å². The molecule has 0 bridgehead atoms. The number of ether oxygens (including phenoxy) is 2. The second kappa shape index (κ2) is 9.45. The molecular weight excluding hydrogens is 426 g/mol. The van der Waals surface area contributed by atoms with Gasteiger partial charge in [-0.3, -0.25) is 4.79 Å². The average molecular weight is 452 g/mol. The number of halogens is 1. The smallest absolute Gasteiger partial charge is 0.227 e. The topological polar surface area (TPSA) is 56.6 Å². The van der Waals surface area contributed by atoms with Gasteiger partial charge in [-0.25, -0.2) is 4.68 Å². The highest BCUT2D eigenvalue weighted by molar-refractivity contribution is 6.30. The molecule has 0 N–H and O–H groups in total. The number of nitrogens with zero attached hydrogens (tertiary/aromatic N) is 3. The summed E-state index contributed by atoms with van der Waals surface area (Å²) in [6, 6.07) is 17.5. The van der Waals surface area contributed by atoms with E-state index in [-0.39, 0.29) is 12.2 Å². The average Bonchev–Trinajstić information content (AvgIpc) is 3.51. The zero-order valence-electron chi connectivity index (χ0n) is 17.8. The number of hydrogen-bond donors (Lipinski definition) is 0. The summed E-state index contributed by atoms with van der Waals surface area (Å²) >= 11 is 6.08. The molecule has 3 heterocycles. The van der Waals surface area contributed by atoms with Crippen molar-refractivity contribution in [2.24, 2.45) is 5.92 Å². The van der Waals surface area contributed by atoms with E-state index in [1.807, 2.05) is 70.4 Å². The van der Waals surface area contributed by atoms with Gasteiger partial charge in [0.05, 0.1) is 31.0 Å². The normalized spacial score (nSPS) is 17.7. The Morgan fingerprint density at radius 3 is 2.38 bits per heavy atom. The maximum atomic E-state index is 13.2. The summed E-state index contributed by atoms with van der Waals surface area (Å²) in [6.07, 6.45) is 3.98. The highest BCUT2D eigenvalue weighted by Crippen LogP contribution is 2.28. The zero-order valence-corrected chi connectivity index (χ0v) is 18.6. The van der Waals surface area contributed by atoms with E-state index >= 15 is 0 Å². The van der Waals surface area contributed by atoms with Gasteiger partial charge in [0.15, 0.2) is 6.29 Å². The third-order valence-corrected chi connectivity index (χ3v) is 6.45. The van der Waals surface area contributed by atoms with Gasteiger partial charge >= 0.3 is 0 Å². The number of amides is 1. The van der Waals surface area contributed by atoms with Crippen LogP contribution in [0.2, 0.25) is 5.02 Å². The lowest BCUT2D eigenvalue weighted by atomic mass is 9.95. The van der Waals surface area contributed by atoms with E-state index in [9.17, 15) is 4.79 Å². The van der Waals surface area contributed by atoms with Crippen LogP contribution in [-0.4, -0.2) is 53.2 Å². The molecule has 2 fully saturated rings. The number of benzene rings is 2. The van der Waals surface area contributed by atoms with Crippen LogP contribution >= 0.6 is 11.6 Å². The van der Waals surface area contributed by atoms with Crippen molar-refractivity contribution in [1.29, 1.82) is 0 Å². The Morgan fingerprint density at radius 1 is 1.00 bits per heavy atom. The Bertz CT molecular complexity index is 1050. The highest BCUT2D eigenvalue weighted by atomic mass is 35.5. The second-order valence-corrected chi connectivity index (χ2v) is 8.73. The number of likely N-dealkylation sites (tertiary alicyclic amines) is 1. The first kappa shape index (κ1) is 21.2. The molecule has 32 heavy (non-hydrogen) atoms. The molecule has 166 valence electrons. The summed E-state index contributed by atoms with van der Waals surface area (Å²) in [7, 11) is 0. The lowest BCUT2D eigenvalue weighted by molar-refractivity contribution is -0.136. The van der Waals surface area contributed by atoms with E-state index in [0.29, 0.717) is 30.6 Å². The minimum atomic E-state index is -0.104. The largest absolute Gasteiger partial charge is 0.350 e. The van der Waals surface area contributed by atoms with Crippen molar-refractivity contribution >= 4 is 17.5 Å². The van der Waals surface area contributed by atoms with Gasteiger partial charge in [0, 0.05) is 41.4 Å². The van der Waals surface area contributed by atoms with Crippen LogP contribution in [0.5, 0.6) is 0 Å². The van der Waals surface area contributed by atoms with Crippen LogP contribution in [-0.2, 0) is 20.7 Å². The van der Waals surface area contributed by atoms with Crippen molar-refractivity contribution in [3.05, 3.63) is 71.4 Å². The van der Waals surface area contributed by atoms with E-state index in [1.165, 1.54) is 0 Å². The molecule has 0 aliphatic carbocycles. The summed E-state index contributed by atoms with van der Waals surface area (Å²) in [6.45, 7) is 2.80. The van der Waals surface area contributed by atoms with Crippen molar-refractivity contribution in [1.82, 2.24) is 14.7 Å². The molecule has 2 aliphatic heterocycles. The van der Waals surface area contributed by atoms with Crippen molar-refractivity contribution in [3.63, 3.8) is 0 Å². The summed E-state index contributed by atoms with van der Waals surface area (Å²) in [5.41, 5.74) is 3.62. The van der Waals surface area contributed by atoms with Crippen molar-refractivity contribution in [3.8, 4) is 16.9 Å². The monoisotopic (exact) mass is 451 g/mol. The molecule has 0 radical (unpaired) electrons. The standard InChI is InChI=1S/C25H26ClN3O3/c26-21-8-6-18(7-9-21)24-20(17-29(27-24)22-4-2-1-3-5-22)16-23(30)28-12-10-19(11-13-28)25-31-14-15-32-25/h1-9,17,19,25H,10-16H2. The molecule has 1 aromatic heterocycles. The molecule has 2 aliphatic rings. The number of aromatic nitrogens is 2. The van der Waals surface area contributed by atoms with Crippen LogP contribution in [0.1, 0.15) is 18.4 Å². The Balaban J connectivity index is 1.34. The van der Waals surface area contributed by atoms with E-state index < -0.39 is 0 Å². The minimum absolute atomic E-state index is 0.104. The Hall–Kier alpha value is -2.67. The molecular formula is C25H26ClN3O3. The van der Waals surface area contributed by atoms with Crippen molar-refractivity contribution < 1.29 is 14.3 Å². The molecule has 2 saturated heterocycles. The lowest BCUT2D eigenvalue weighted by Gasteiger charge is -2.33. The van der Waals surface area contributed by atoms with Gasteiger partial charge in [-0.15, -0.1) is 0 Å². The molecule has 5 rings (SSSR count). The van der Waals surface area contributed by atoms with E-state index in [4.69, 9.17) is 26.2 Å². The number of carbonyl (C=O) groups excluding carboxylic acids is 1. The SMILES string of the molecule is O=C(Cc1cn(-c2ccccc2)nc1-c1ccc(Cl)cc1)N1CCC(C2OCCO2)CC1. The van der Waals surface area contributed by atoms with Crippen LogP contribution in [0.3, 0.4) is 0 Å². The first-order valence-corrected chi connectivity index (χ1v) is 11.5. The van der Waals surface area contributed by atoms with E-state index in [0.717, 1.165) is 48.4 Å². The number of rotatable bonds is 5. The van der Waals surface area contributed by atoms with Crippen LogP contribution in [0, 0.1) is 5.92 Å². The minimum Gasteiger partial charge on any atom is -0.350 e. The molecule has 7 heteroatoms. The fourth-order valence-corrected chi connectivity index (χ4v) is 4.57. The maximum absolute atomic E-state index is 13.2. The first-order chi connectivity index (χ1) is 15.7. The summed E-state index contributed by atoms with van der Waals surface area (Å²) in [5, 5.41) is 5.49. The van der Waals surface area contributed by atoms with Crippen LogP contribution in [0.4, 0.5) is 0 Å². The number of carbonyl (C=O) groups is 1. The molecule has 6 nitrogen and oxygen atoms in total. The Morgan fingerprint density at radius 2 is 1.69 bits per heavy atom. The lowest BCUT2D eigenvalue weighted by Crippen LogP contribution is -2.42. The van der Waals surface area contributed by atoms with Gasteiger partial charge in [0.1, 0.15) is 0 Å². The number of para-hydroxylation sites is 1. The predicted octanol–water partition coefficient (Wildman–Crippen LogP) is 4.35. The van der Waals surface area contributed by atoms with Gasteiger partial charge in [-0.1, -0.05) is 41.9 Å². The van der Waals surface area contributed by atoms with Crippen molar-refractivity contribution in [2.45, 2.75) is 25.6 Å². The number of piperidine rings is 1. The Kier molecular flexibility index (Phi) is 6.26. The highest BCUT2D eigenvalue weighted by Gasteiger charge is 2.32. The third kappa shape index (κ3) is 4.58. The van der Waals surface area contributed by atoms with Crippen molar-refractivity contribution in [2.75, 3.05) is 26.3 Å².